The van der Waals surface area contributed by atoms with Crippen LogP contribution < -0.4 is 5.32 Å². The minimum atomic E-state index is -0.402. The van der Waals surface area contributed by atoms with E-state index in [1.807, 2.05) is 37.1 Å². The van der Waals surface area contributed by atoms with Gasteiger partial charge in [0.15, 0.2) is 5.11 Å². The van der Waals surface area contributed by atoms with Gasteiger partial charge in [0.25, 0.3) is 5.69 Å². The quantitative estimate of drug-likeness (QED) is 0.495. The Bertz CT molecular complexity index is 722. The monoisotopic (exact) mass is 349 g/mol. The third-order valence-electron chi connectivity index (χ3n) is 3.56. The van der Waals surface area contributed by atoms with Gasteiger partial charge in [-0.05, 0) is 49.0 Å². The van der Waals surface area contributed by atoms with Crippen molar-refractivity contribution < 1.29 is 4.92 Å². The summed E-state index contributed by atoms with van der Waals surface area (Å²) in [5, 5.41) is 15.2. The van der Waals surface area contributed by atoms with Crippen LogP contribution in [-0.4, -0.2) is 22.0 Å². The minimum absolute atomic E-state index is 0.0688. The smallest absolute Gasteiger partial charge is 0.269 e. The molecule has 0 amide bonds. The van der Waals surface area contributed by atoms with E-state index in [4.69, 9.17) is 23.8 Å². The molecule has 23 heavy (non-hydrogen) atoms. The molecule has 0 aliphatic carbocycles. The van der Waals surface area contributed by atoms with E-state index in [1.165, 1.54) is 6.07 Å². The summed E-state index contributed by atoms with van der Waals surface area (Å²) >= 11 is 11.3. The molecule has 0 saturated heterocycles. The Morgan fingerprint density at radius 1 is 1.30 bits per heavy atom. The van der Waals surface area contributed by atoms with Crippen LogP contribution in [0.2, 0.25) is 5.02 Å². The number of nitrogens with one attached hydrogen (secondary N) is 1. The van der Waals surface area contributed by atoms with E-state index < -0.39 is 4.92 Å². The molecule has 1 N–H and O–H groups in total. The first-order valence-corrected chi connectivity index (χ1v) is 7.71. The summed E-state index contributed by atoms with van der Waals surface area (Å²) in [7, 11) is 1.84. The molecule has 0 spiro atoms. The average molecular weight is 350 g/mol. The highest BCUT2D eigenvalue weighted by Gasteiger charge is 2.17. The number of nitro benzene ring substituents is 1. The second-order valence-corrected chi connectivity index (χ2v) is 5.90. The summed E-state index contributed by atoms with van der Waals surface area (Å²) in [5.41, 5.74) is 1.72. The van der Waals surface area contributed by atoms with E-state index in [9.17, 15) is 10.1 Å². The maximum atomic E-state index is 10.9. The lowest BCUT2D eigenvalue weighted by atomic mass is 10.1. The predicted molar refractivity (Wildman–Crippen MR) is 96.9 cm³/mol. The average Bonchev–Trinajstić information content (AvgIpc) is 2.55. The van der Waals surface area contributed by atoms with Crippen LogP contribution in [0.15, 0.2) is 48.5 Å². The first kappa shape index (κ1) is 17.2. The van der Waals surface area contributed by atoms with Gasteiger partial charge in [-0.25, -0.2) is 0 Å². The van der Waals surface area contributed by atoms with E-state index in [0.717, 1.165) is 11.3 Å². The lowest BCUT2D eigenvalue weighted by Crippen LogP contribution is -2.33. The van der Waals surface area contributed by atoms with Gasteiger partial charge in [0.05, 0.1) is 11.0 Å². The molecule has 0 saturated carbocycles. The van der Waals surface area contributed by atoms with Crippen LogP contribution in [0, 0.1) is 10.1 Å². The lowest BCUT2D eigenvalue weighted by Gasteiger charge is -2.28. The van der Waals surface area contributed by atoms with Crippen molar-refractivity contribution in [2.75, 3.05) is 12.4 Å². The van der Waals surface area contributed by atoms with Crippen molar-refractivity contribution in [1.29, 1.82) is 0 Å². The molecule has 1 atom stereocenters. The maximum absolute atomic E-state index is 10.9. The third kappa shape index (κ3) is 4.40. The number of thiocarbonyl (C=S) groups is 1. The molecule has 0 aliphatic heterocycles. The van der Waals surface area contributed by atoms with Crippen molar-refractivity contribution in [2.45, 2.75) is 13.0 Å². The molecule has 0 radical (unpaired) electrons. The number of nitro groups is 1. The van der Waals surface area contributed by atoms with Crippen LogP contribution in [0.5, 0.6) is 0 Å². The van der Waals surface area contributed by atoms with Crippen LogP contribution in [0.1, 0.15) is 18.5 Å². The molecule has 0 aliphatic rings. The number of benzene rings is 2. The van der Waals surface area contributed by atoms with Gasteiger partial charge in [0.1, 0.15) is 0 Å². The van der Waals surface area contributed by atoms with Crippen molar-refractivity contribution in [3.63, 3.8) is 0 Å². The van der Waals surface area contributed by atoms with E-state index >= 15 is 0 Å². The zero-order valence-electron chi connectivity index (χ0n) is 12.7. The van der Waals surface area contributed by atoms with Gasteiger partial charge >= 0.3 is 0 Å². The number of anilines is 1. The Morgan fingerprint density at radius 3 is 2.57 bits per heavy atom. The van der Waals surface area contributed by atoms with Crippen LogP contribution in [0.4, 0.5) is 11.4 Å². The number of halogens is 1. The van der Waals surface area contributed by atoms with Crippen molar-refractivity contribution in [1.82, 2.24) is 4.90 Å². The number of hydrogen-bond acceptors (Lipinski definition) is 3. The highest BCUT2D eigenvalue weighted by molar-refractivity contribution is 7.80. The summed E-state index contributed by atoms with van der Waals surface area (Å²) in [6.07, 6.45) is 0. The highest BCUT2D eigenvalue weighted by atomic mass is 35.5. The summed E-state index contributed by atoms with van der Waals surface area (Å²) in [4.78, 5) is 12.3. The van der Waals surface area contributed by atoms with Gasteiger partial charge in [0.2, 0.25) is 0 Å². The molecule has 2 rings (SSSR count). The van der Waals surface area contributed by atoms with Gasteiger partial charge in [-0.3, -0.25) is 10.1 Å². The summed E-state index contributed by atoms with van der Waals surface area (Å²) < 4.78 is 0. The minimum Gasteiger partial charge on any atom is -0.345 e. The zero-order chi connectivity index (χ0) is 17.0. The molecular formula is C16H16ClN3O2S. The van der Waals surface area contributed by atoms with Crippen LogP contribution in [0.25, 0.3) is 0 Å². The molecule has 0 heterocycles. The van der Waals surface area contributed by atoms with Crippen LogP contribution in [0.3, 0.4) is 0 Å². The zero-order valence-corrected chi connectivity index (χ0v) is 14.3. The molecule has 2 aromatic rings. The van der Waals surface area contributed by atoms with E-state index in [-0.39, 0.29) is 11.7 Å². The van der Waals surface area contributed by atoms with Crippen molar-refractivity contribution in [2.24, 2.45) is 0 Å². The predicted octanol–water partition coefficient (Wildman–Crippen LogP) is 4.64. The number of non-ortho nitro benzene ring substituents is 1. The van der Waals surface area contributed by atoms with Crippen LogP contribution >= 0.6 is 23.8 Å². The second-order valence-electron chi connectivity index (χ2n) is 5.08. The number of rotatable bonds is 4. The normalized spacial score (nSPS) is 11.6. The van der Waals surface area contributed by atoms with Crippen molar-refractivity contribution in [3.05, 3.63) is 69.2 Å². The summed E-state index contributed by atoms with van der Waals surface area (Å²) in [6, 6.07) is 13.7. The van der Waals surface area contributed by atoms with Crippen molar-refractivity contribution >= 4 is 40.3 Å². The van der Waals surface area contributed by atoms with Gasteiger partial charge < -0.3 is 10.2 Å². The highest BCUT2D eigenvalue weighted by Crippen LogP contribution is 2.24. The standard InChI is InChI=1S/C16H16ClN3O2S/c1-11(12-4-3-5-15(10-12)20(21)22)19(2)16(23)18-14-8-6-13(17)7-9-14/h3-11H,1-2H3,(H,18,23)/t11-/m1/s1. The van der Waals surface area contributed by atoms with Crippen molar-refractivity contribution in [3.8, 4) is 0 Å². The Balaban J connectivity index is 2.10. The van der Waals surface area contributed by atoms with Crippen LogP contribution in [-0.2, 0) is 0 Å². The lowest BCUT2D eigenvalue weighted by molar-refractivity contribution is -0.384. The molecule has 0 aromatic heterocycles. The van der Waals surface area contributed by atoms with Gasteiger partial charge in [-0.2, -0.15) is 0 Å². The number of nitrogens with zero attached hydrogens (tertiary/aromatic N) is 2. The Morgan fingerprint density at radius 2 is 1.96 bits per heavy atom. The molecule has 0 bridgehead atoms. The molecular weight excluding hydrogens is 334 g/mol. The summed E-state index contributed by atoms with van der Waals surface area (Å²) in [6.45, 7) is 1.94. The SMILES string of the molecule is C[C@H](c1cccc([N+](=O)[O-])c1)N(C)C(=S)Nc1ccc(Cl)cc1. The van der Waals surface area contributed by atoms with E-state index in [1.54, 1.807) is 24.3 Å². The Kier molecular flexibility index (Phi) is 5.52. The van der Waals surface area contributed by atoms with E-state index in [0.29, 0.717) is 10.1 Å². The topological polar surface area (TPSA) is 58.4 Å². The molecule has 120 valence electrons. The Labute approximate surface area is 145 Å². The molecule has 5 nitrogen and oxygen atoms in total. The van der Waals surface area contributed by atoms with E-state index in [2.05, 4.69) is 5.32 Å². The largest absolute Gasteiger partial charge is 0.345 e. The maximum Gasteiger partial charge on any atom is 0.269 e. The fourth-order valence-corrected chi connectivity index (χ4v) is 2.44. The molecule has 0 fully saturated rings. The Hall–Kier alpha value is -2.18. The molecule has 2 aromatic carbocycles. The third-order valence-corrected chi connectivity index (χ3v) is 4.20. The first-order valence-electron chi connectivity index (χ1n) is 6.92. The summed E-state index contributed by atoms with van der Waals surface area (Å²) in [5.74, 6) is 0. The van der Waals surface area contributed by atoms with Gasteiger partial charge in [-0.15, -0.1) is 0 Å². The molecule has 7 heteroatoms. The van der Waals surface area contributed by atoms with Gasteiger partial charge in [-0.1, -0.05) is 23.7 Å². The second kappa shape index (κ2) is 7.39. The first-order chi connectivity index (χ1) is 10.9. The number of hydrogen-bond donors (Lipinski definition) is 1. The molecule has 0 unspecified atom stereocenters. The van der Waals surface area contributed by atoms with Gasteiger partial charge in [0, 0.05) is 29.9 Å². The fourth-order valence-electron chi connectivity index (χ4n) is 2.04. The fraction of sp³-hybridized carbons (Fsp3) is 0.188.